The third kappa shape index (κ3) is 21.4. The highest BCUT2D eigenvalue weighted by molar-refractivity contribution is 5.85. The average Bonchev–Trinajstić information content (AvgIpc) is 1.97. The predicted molar refractivity (Wildman–Crippen MR) is 331 cm³/mol. The van der Waals surface area contributed by atoms with Crippen LogP contribution in [-0.4, -0.2) is 104 Å². The van der Waals surface area contributed by atoms with Crippen molar-refractivity contribution in [3.05, 3.63) is 241 Å². The van der Waals surface area contributed by atoms with Gasteiger partial charge in [-0.05, 0) is 80.8 Å². The Morgan fingerprint density at radius 1 is 0.701 bits per heavy atom. The number of cyclic esters (lactones) is 2. The number of carboxylic acids is 1. The Morgan fingerprint density at radius 2 is 1.21 bits per heavy atom. The number of carboxylic acid groups (broad SMARTS) is 1. The molecule has 87 heavy (non-hydrogen) atoms. The van der Waals surface area contributed by atoms with Crippen molar-refractivity contribution in [1.82, 2.24) is 10.2 Å². The first kappa shape index (κ1) is 69.8. The van der Waals surface area contributed by atoms with Crippen LogP contribution >= 0.6 is 0 Å². The Balaban J connectivity index is 0.000000239. The van der Waals surface area contributed by atoms with Crippen LogP contribution in [0.4, 0.5) is 9.59 Å². The third-order valence-electron chi connectivity index (χ3n) is 13.1. The lowest BCUT2D eigenvalue weighted by Gasteiger charge is -2.35. The first-order valence-corrected chi connectivity index (χ1v) is 28.0. The van der Waals surface area contributed by atoms with Crippen molar-refractivity contribution in [2.24, 2.45) is 16.5 Å². The van der Waals surface area contributed by atoms with E-state index in [1.54, 1.807) is 102 Å². The molecule has 0 saturated carbocycles. The zero-order valence-electron chi connectivity index (χ0n) is 50.1. The van der Waals surface area contributed by atoms with Crippen LogP contribution in [0.5, 0.6) is 0 Å². The summed E-state index contributed by atoms with van der Waals surface area (Å²) in [6, 6.07) is 54.4. The summed E-state index contributed by atoms with van der Waals surface area (Å²) in [7, 11) is 1.27. The van der Waals surface area contributed by atoms with Gasteiger partial charge in [-0.15, -0.1) is 13.2 Å². The van der Waals surface area contributed by atoms with Crippen LogP contribution in [-0.2, 0) is 69.0 Å². The number of esters is 4. The number of aliphatic carboxylic acids is 1. The van der Waals surface area contributed by atoms with Crippen LogP contribution in [0.25, 0.3) is 0 Å². The fraction of sp³-hybridized carbons (Fsp3) is 0.294. The molecule has 0 radical (unpaired) electrons. The largest absolute Gasteiger partial charge is 0.480 e. The number of rotatable bonds is 20. The number of benzene rings is 6. The SMILES string of the molecule is C=CCC(N)(C(=O)OCC)c1ccccc1.C=CCC1(c2ccccc2)COC(=O)N1.CCOC(=O)C(N=Cc1ccccc1)c1ccccc1.COC(=O)CC1(c2ccccc2)COC(=O)N1CC(=O)OC(C)(C)C.NC(C(=O)O)c1ccccc1. The minimum atomic E-state index is -1.13. The summed E-state index contributed by atoms with van der Waals surface area (Å²) < 4.78 is 30.3. The van der Waals surface area contributed by atoms with Gasteiger partial charge < -0.3 is 50.3 Å². The van der Waals surface area contributed by atoms with Crippen LogP contribution < -0.4 is 16.8 Å². The van der Waals surface area contributed by atoms with Crippen molar-refractivity contribution < 1.29 is 67.1 Å². The minimum absolute atomic E-state index is 0.0479. The average molecular weight is 1190 g/mol. The van der Waals surface area contributed by atoms with E-state index in [2.05, 4.69) is 23.5 Å². The fourth-order valence-electron chi connectivity index (χ4n) is 8.81. The van der Waals surface area contributed by atoms with Crippen molar-refractivity contribution in [2.75, 3.05) is 40.1 Å². The van der Waals surface area contributed by atoms with Gasteiger partial charge in [0.05, 0.1) is 26.7 Å². The lowest BCUT2D eigenvalue weighted by Crippen LogP contribution is -2.49. The second-order valence-corrected chi connectivity index (χ2v) is 20.6. The van der Waals surface area contributed by atoms with Gasteiger partial charge in [0.15, 0.2) is 6.04 Å². The van der Waals surface area contributed by atoms with Gasteiger partial charge in [0.2, 0.25) is 0 Å². The van der Waals surface area contributed by atoms with Gasteiger partial charge in [0.1, 0.15) is 48.0 Å². The normalized spacial score (nSPS) is 16.9. The summed E-state index contributed by atoms with van der Waals surface area (Å²) in [6.45, 7) is 16.8. The number of alkyl carbamates (subject to hydrolysis) is 1. The maximum absolute atomic E-state index is 12.3. The van der Waals surface area contributed by atoms with E-state index in [4.69, 9.17) is 45.0 Å². The van der Waals surface area contributed by atoms with E-state index in [0.717, 1.165) is 22.3 Å². The minimum Gasteiger partial charge on any atom is -0.480 e. The molecule has 0 aliphatic carbocycles. The number of hydrogen-bond acceptors (Lipinski definition) is 16. The molecule has 0 spiro atoms. The molecule has 0 bridgehead atoms. The molecule has 6 N–H and O–H groups in total. The highest BCUT2D eigenvalue weighted by Crippen LogP contribution is 2.38. The molecule has 0 aromatic heterocycles. The number of nitrogens with zero attached hydrogens (tertiary/aromatic N) is 2. The number of hydrogen-bond donors (Lipinski definition) is 4. The van der Waals surface area contributed by atoms with E-state index in [9.17, 15) is 33.6 Å². The van der Waals surface area contributed by atoms with Gasteiger partial charge in [0, 0.05) is 6.21 Å². The predicted octanol–water partition coefficient (Wildman–Crippen LogP) is 10.6. The summed E-state index contributed by atoms with van der Waals surface area (Å²) >= 11 is 0. The third-order valence-corrected chi connectivity index (χ3v) is 13.1. The molecule has 2 fully saturated rings. The maximum Gasteiger partial charge on any atom is 0.411 e. The van der Waals surface area contributed by atoms with E-state index < -0.39 is 64.3 Å². The molecule has 2 aliphatic heterocycles. The Bertz CT molecular complexity index is 3170. The molecule has 2 saturated heterocycles. The number of methoxy groups -OCH3 is 1. The summed E-state index contributed by atoms with van der Waals surface area (Å²) in [4.78, 5) is 87.5. The molecular formula is C68H79N5O14. The molecule has 6 aromatic rings. The van der Waals surface area contributed by atoms with Crippen LogP contribution in [0.2, 0.25) is 0 Å². The number of amides is 2. The summed E-state index contributed by atoms with van der Waals surface area (Å²) in [5.74, 6) is -2.82. The van der Waals surface area contributed by atoms with E-state index in [1.165, 1.54) is 12.0 Å². The Morgan fingerprint density at radius 3 is 1.68 bits per heavy atom. The van der Waals surface area contributed by atoms with Crippen LogP contribution in [0.3, 0.4) is 0 Å². The van der Waals surface area contributed by atoms with E-state index in [-0.39, 0.29) is 31.6 Å². The molecule has 19 heteroatoms. The van der Waals surface area contributed by atoms with E-state index in [1.807, 2.05) is 133 Å². The summed E-state index contributed by atoms with van der Waals surface area (Å²) in [5, 5.41) is 11.4. The second kappa shape index (κ2) is 34.9. The second-order valence-electron chi connectivity index (χ2n) is 20.6. The number of ether oxygens (including phenoxy) is 6. The lowest BCUT2D eigenvalue weighted by molar-refractivity contribution is -0.157. The standard InChI is InChI=1S/C18H23NO6.C17H17NO2.C13H17NO2.C12H13NO2.C8H9NO2/c1-17(2,3)25-15(21)11-19-16(22)24-12-18(19,10-14(20)23-4)13-8-6-5-7-9-13;1-2-20-17(19)16(15-11-7-4-8-12-15)18-13-14-9-5-3-6-10-14;1-3-10-13(14,12(15)16-4-2)11-8-6-5-7-9-11;1-2-8-12(9-15-11(14)13-12)10-6-4-3-5-7-10;9-7(8(10)11)6-4-2-1-3-5-6/h5-9H,10-12H2,1-4H3;3-13,16H,2H2,1H3;3,5-9H,1,4,10,14H2,2H3;2-7H,1,8-9H2,(H,13,14);1-5,7H,9H2,(H,10,11). The fourth-order valence-corrected chi connectivity index (χ4v) is 8.81. The molecule has 2 amide bonds. The molecule has 19 nitrogen and oxygen atoms in total. The van der Waals surface area contributed by atoms with E-state index >= 15 is 0 Å². The molecule has 2 heterocycles. The van der Waals surface area contributed by atoms with Gasteiger partial charge in [-0.2, -0.15) is 0 Å². The number of aliphatic imine (C=N–C) groups is 1. The van der Waals surface area contributed by atoms with Crippen LogP contribution in [0.15, 0.2) is 212 Å². The van der Waals surface area contributed by atoms with Gasteiger partial charge in [-0.3, -0.25) is 24.3 Å². The summed E-state index contributed by atoms with van der Waals surface area (Å²) in [6.07, 6.45) is 5.00. The van der Waals surface area contributed by atoms with Gasteiger partial charge in [-0.25, -0.2) is 19.2 Å². The Labute approximate surface area is 509 Å². The molecule has 5 atom stereocenters. The van der Waals surface area contributed by atoms with Crippen molar-refractivity contribution >= 4 is 48.2 Å². The topological polar surface area (TPSA) is 275 Å². The van der Waals surface area contributed by atoms with Gasteiger partial charge in [0.25, 0.3) is 0 Å². The summed E-state index contributed by atoms with van der Waals surface area (Å²) in [5.41, 5.74) is 13.0. The van der Waals surface area contributed by atoms with Crippen molar-refractivity contribution in [3.63, 3.8) is 0 Å². The Kier molecular flexibility index (Phi) is 28.0. The van der Waals surface area contributed by atoms with Crippen molar-refractivity contribution in [2.45, 2.75) is 88.2 Å². The van der Waals surface area contributed by atoms with E-state index in [0.29, 0.717) is 43.8 Å². The molecule has 5 unspecified atom stereocenters. The molecule has 8 rings (SSSR count). The van der Waals surface area contributed by atoms with Gasteiger partial charge >= 0.3 is 42.0 Å². The number of carbonyl (C=O) groups is 7. The zero-order chi connectivity index (χ0) is 63.9. The maximum atomic E-state index is 12.3. The highest BCUT2D eigenvalue weighted by Gasteiger charge is 2.51. The number of carbonyl (C=O) groups excluding carboxylic acids is 6. The Hall–Kier alpha value is -9.72. The molecule has 2 aliphatic rings. The van der Waals surface area contributed by atoms with Gasteiger partial charge in [-0.1, -0.05) is 194 Å². The van der Waals surface area contributed by atoms with Crippen LogP contribution in [0.1, 0.15) is 99.3 Å². The quantitative estimate of drug-likeness (QED) is 0.0239. The first-order chi connectivity index (χ1) is 41.6. The lowest BCUT2D eigenvalue weighted by atomic mass is 9.86. The first-order valence-electron chi connectivity index (χ1n) is 28.0. The van der Waals surface area contributed by atoms with Crippen molar-refractivity contribution in [3.8, 4) is 0 Å². The van der Waals surface area contributed by atoms with Crippen LogP contribution in [0, 0.1) is 0 Å². The monoisotopic (exact) mass is 1190 g/mol. The number of nitrogens with two attached hydrogens (primary N) is 2. The molecular weight excluding hydrogens is 1110 g/mol. The molecule has 6 aromatic carbocycles. The number of nitrogens with one attached hydrogen (secondary N) is 1. The molecule has 460 valence electrons. The highest BCUT2D eigenvalue weighted by atomic mass is 16.6. The smallest absolute Gasteiger partial charge is 0.411 e. The van der Waals surface area contributed by atoms with Crippen molar-refractivity contribution in [1.29, 1.82) is 0 Å². The zero-order valence-corrected chi connectivity index (χ0v) is 50.1.